The van der Waals surface area contributed by atoms with Gasteiger partial charge in [-0.05, 0) is 44.5 Å². The highest BCUT2D eigenvalue weighted by Gasteiger charge is 2.21. The van der Waals surface area contributed by atoms with Gasteiger partial charge >= 0.3 is 6.03 Å². The van der Waals surface area contributed by atoms with Crippen LogP contribution >= 0.6 is 0 Å². The van der Waals surface area contributed by atoms with Gasteiger partial charge in [0.05, 0.1) is 13.2 Å². The van der Waals surface area contributed by atoms with E-state index in [0.29, 0.717) is 11.3 Å². The van der Waals surface area contributed by atoms with Gasteiger partial charge in [-0.2, -0.15) is 0 Å². The molecular formula is C17H26FN3O2. The zero-order valence-electron chi connectivity index (χ0n) is 14.1. The predicted octanol–water partition coefficient (Wildman–Crippen LogP) is 2.68. The van der Waals surface area contributed by atoms with Crippen molar-refractivity contribution in [3.63, 3.8) is 0 Å². The minimum Gasteiger partial charge on any atom is -0.496 e. The number of carbonyl (C=O) groups is 1. The van der Waals surface area contributed by atoms with Crippen LogP contribution < -0.4 is 15.4 Å². The number of amides is 2. The van der Waals surface area contributed by atoms with Crippen molar-refractivity contribution in [1.29, 1.82) is 0 Å². The summed E-state index contributed by atoms with van der Waals surface area (Å²) in [5, 5.41) is 5.87. The zero-order valence-corrected chi connectivity index (χ0v) is 14.1. The second-order valence-electron chi connectivity index (χ2n) is 5.93. The van der Waals surface area contributed by atoms with Crippen LogP contribution in [0.3, 0.4) is 0 Å². The molecule has 0 saturated carbocycles. The number of hydrogen-bond acceptors (Lipinski definition) is 3. The average Bonchev–Trinajstić information content (AvgIpc) is 2.55. The predicted molar refractivity (Wildman–Crippen MR) is 88.2 cm³/mol. The number of ether oxygens (including phenoxy) is 1. The van der Waals surface area contributed by atoms with Crippen LogP contribution in [0.4, 0.5) is 9.18 Å². The first-order valence-electron chi connectivity index (χ1n) is 8.16. The van der Waals surface area contributed by atoms with Crippen molar-refractivity contribution in [2.45, 2.75) is 38.8 Å². The molecule has 1 aliphatic rings. The lowest BCUT2D eigenvalue weighted by Crippen LogP contribution is -2.48. The summed E-state index contributed by atoms with van der Waals surface area (Å²) in [7, 11) is 1.53. The van der Waals surface area contributed by atoms with E-state index in [4.69, 9.17) is 4.74 Å². The van der Waals surface area contributed by atoms with E-state index in [0.717, 1.165) is 32.5 Å². The minimum atomic E-state index is -0.346. The molecule has 1 aromatic rings. The van der Waals surface area contributed by atoms with Crippen LogP contribution in [0.15, 0.2) is 18.2 Å². The second kappa shape index (κ2) is 8.15. The summed E-state index contributed by atoms with van der Waals surface area (Å²) in [5.74, 6) is 0.220. The van der Waals surface area contributed by atoms with Gasteiger partial charge in [0.15, 0.2) is 0 Å². The monoisotopic (exact) mass is 323 g/mol. The van der Waals surface area contributed by atoms with Crippen LogP contribution in [0.25, 0.3) is 0 Å². The third-order valence-electron chi connectivity index (χ3n) is 4.38. The summed E-state index contributed by atoms with van der Waals surface area (Å²) < 4.78 is 18.7. The molecule has 2 N–H and O–H groups in total. The molecule has 1 fully saturated rings. The van der Waals surface area contributed by atoms with Crippen LogP contribution in [-0.2, 0) is 0 Å². The van der Waals surface area contributed by atoms with Gasteiger partial charge in [-0.3, -0.25) is 0 Å². The smallest absolute Gasteiger partial charge is 0.315 e. The fraction of sp³-hybridized carbons (Fsp3) is 0.588. The van der Waals surface area contributed by atoms with E-state index >= 15 is 0 Å². The van der Waals surface area contributed by atoms with Crippen LogP contribution in [0, 0.1) is 5.82 Å². The molecule has 1 saturated heterocycles. The second-order valence-corrected chi connectivity index (χ2v) is 5.93. The van der Waals surface area contributed by atoms with Crippen LogP contribution in [0.5, 0.6) is 5.75 Å². The maximum atomic E-state index is 13.4. The highest BCUT2D eigenvalue weighted by atomic mass is 19.1. The summed E-state index contributed by atoms with van der Waals surface area (Å²) in [5.41, 5.74) is 0.628. The maximum absolute atomic E-state index is 13.4. The number of halogens is 1. The Hall–Kier alpha value is -1.82. The molecule has 0 aliphatic carbocycles. The van der Waals surface area contributed by atoms with Gasteiger partial charge in [0.25, 0.3) is 0 Å². The van der Waals surface area contributed by atoms with Gasteiger partial charge in [-0.15, -0.1) is 0 Å². The standard InChI is InChI=1S/C17H26FN3O2/c1-4-21-9-7-14(8-10-21)20-17(22)19-12(2)15-11-13(18)5-6-16(15)23-3/h5-6,11-12,14H,4,7-10H2,1-3H3,(H2,19,20,22)/t12-/m0/s1. The third-order valence-corrected chi connectivity index (χ3v) is 4.38. The number of benzene rings is 1. The maximum Gasteiger partial charge on any atom is 0.315 e. The molecule has 1 aromatic carbocycles. The van der Waals surface area contributed by atoms with Crippen molar-refractivity contribution < 1.29 is 13.9 Å². The fourth-order valence-electron chi connectivity index (χ4n) is 2.94. The molecule has 1 heterocycles. The number of urea groups is 1. The van der Waals surface area contributed by atoms with E-state index in [1.54, 1.807) is 6.07 Å². The topological polar surface area (TPSA) is 53.6 Å². The molecule has 5 nitrogen and oxygen atoms in total. The Morgan fingerprint density at radius 1 is 1.43 bits per heavy atom. The molecular weight excluding hydrogens is 297 g/mol. The summed E-state index contributed by atoms with van der Waals surface area (Å²) in [6, 6.07) is 3.94. The van der Waals surface area contributed by atoms with Crippen molar-refractivity contribution >= 4 is 6.03 Å². The Morgan fingerprint density at radius 2 is 2.13 bits per heavy atom. The third kappa shape index (κ3) is 4.82. The summed E-state index contributed by atoms with van der Waals surface area (Å²) in [4.78, 5) is 14.5. The van der Waals surface area contributed by atoms with E-state index in [1.807, 2.05) is 6.92 Å². The van der Waals surface area contributed by atoms with E-state index in [9.17, 15) is 9.18 Å². The number of nitrogens with one attached hydrogen (secondary N) is 2. The van der Waals surface area contributed by atoms with Gasteiger partial charge in [0.1, 0.15) is 11.6 Å². The number of nitrogens with zero attached hydrogens (tertiary/aromatic N) is 1. The van der Waals surface area contributed by atoms with Crippen molar-refractivity contribution in [2.75, 3.05) is 26.7 Å². The Morgan fingerprint density at radius 3 is 2.74 bits per heavy atom. The SMILES string of the molecule is CCN1CCC(NC(=O)N[C@@H](C)c2cc(F)ccc2OC)CC1. The van der Waals surface area contributed by atoms with E-state index in [2.05, 4.69) is 22.5 Å². The first-order valence-corrected chi connectivity index (χ1v) is 8.16. The van der Waals surface area contributed by atoms with Crippen molar-refractivity contribution in [1.82, 2.24) is 15.5 Å². The Bertz CT molecular complexity index is 531. The molecule has 0 unspecified atom stereocenters. The largest absolute Gasteiger partial charge is 0.496 e. The average molecular weight is 323 g/mol. The number of piperidine rings is 1. The number of hydrogen-bond donors (Lipinski definition) is 2. The first-order chi connectivity index (χ1) is 11.0. The van der Waals surface area contributed by atoms with Crippen molar-refractivity contribution in [3.8, 4) is 5.75 Å². The zero-order chi connectivity index (χ0) is 16.8. The number of rotatable bonds is 5. The van der Waals surface area contributed by atoms with E-state index in [-0.39, 0.29) is 23.9 Å². The molecule has 128 valence electrons. The minimum absolute atomic E-state index is 0.194. The summed E-state index contributed by atoms with van der Waals surface area (Å²) in [6.07, 6.45) is 1.91. The molecule has 0 bridgehead atoms. The fourth-order valence-corrected chi connectivity index (χ4v) is 2.94. The normalized spacial score (nSPS) is 17.6. The van der Waals surface area contributed by atoms with Crippen LogP contribution in [-0.4, -0.2) is 43.7 Å². The molecule has 0 spiro atoms. The lowest BCUT2D eigenvalue weighted by molar-refractivity contribution is 0.197. The molecule has 1 aliphatic heterocycles. The lowest BCUT2D eigenvalue weighted by Gasteiger charge is -2.31. The Labute approximate surface area is 137 Å². The molecule has 2 rings (SSSR count). The van der Waals surface area contributed by atoms with Gasteiger partial charge in [-0.25, -0.2) is 9.18 Å². The van der Waals surface area contributed by atoms with Gasteiger partial charge in [-0.1, -0.05) is 6.92 Å². The quantitative estimate of drug-likeness (QED) is 0.876. The Kier molecular flexibility index (Phi) is 6.21. The van der Waals surface area contributed by atoms with Crippen LogP contribution in [0.1, 0.15) is 38.3 Å². The van der Waals surface area contributed by atoms with E-state index in [1.165, 1.54) is 19.2 Å². The van der Waals surface area contributed by atoms with Gasteiger partial charge in [0, 0.05) is 24.7 Å². The summed E-state index contributed by atoms with van der Waals surface area (Å²) >= 11 is 0. The number of methoxy groups -OCH3 is 1. The van der Waals surface area contributed by atoms with Gasteiger partial charge in [0.2, 0.25) is 0 Å². The summed E-state index contributed by atoms with van der Waals surface area (Å²) in [6.45, 7) is 7.03. The van der Waals surface area contributed by atoms with Crippen molar-refractivity contribution in [2.24, 2.45) is 0 Å². The van der Waals surface area contributed by atoms with Crippen LogP contribution in [0.2, 0.25) is 0 Å². The molecule has 2 amide bonds. The van der Waals surface area contributed by atoms with E-state index < -0.39 is 0 Å². The highest BCUT2D eigenvalue weighted by molar-refractivity contribution is 5.74. The molecule has 23 heavy (non-hydrogen) atoms. The van der Waals surface area contributed by atoms with Gasteiger partial charge < -0.3 is 20.3 Å². The van der Waals surface area contributed by atoms with Crippen molar-refractivity contribution in [3.05, 3.63) is 29.6 Å². The number of likely N-dealkylation sites (tertiary alicyclic amines) is 1. The molecule has 6 heteroatoms. The molecule has 0 aromatic heterocycles. The molecule has 0 radical (unpaired) electrons. The lowest BCUT2D eigenvalue weighted by atomic mass is 10.1. The molecule has 1 atom stereocenters. The number of carbonyl (C=O) groups excluding carboxylic acids is 1. The Balaban J connectivity index is 1.89. The highest BCUT2D eigenvalue weighted by Crippen LogP contribution is 2.25. The first kappa shape index (κ1) is 17.5.